The molecule has 4 nitrogen and oxygen atoms in total. The zero-order valence-corrected chi connectivity index (χ0v) is 13.7. The van der Waals surface area contributed by atoms with E-state index in [2.05, 4.69) is 0 Å². The first kappa shape index (κ1) is 16.4. The highest BCUT2D eigenvalue weighted by Gasteiger charge is 2.19. The minimum atomic E-state index is -2.68. The first-order valence-electron chi connectivity index (χ1n) is 6.71. The van der Waals surface area contributed by atoms with E-state index in [0.29, 0.717) is 11.1 Å². The molecule has 0 spiro atoms. The Morgan fingerprint density at radius 3 is 2.32 bits per heavy atom. The number of ether oxygens (including phenoxy) is 2. The third-order valence-corrected chi connectivity index (χ3v) is 4.76. The molecular weight excluding hydrogens is 304 g/mol. The fraction of sp³-hybridized carbons (Fsp3) is 0.250. The number of methoxy groups -OCH3 is 1. The number of anilines is 1. The Labute approximate surface area is 129 Å². The van der Waals surface area contributed by atoms with Crippen LogP contribution in [0.4, 0.5) is 10.1 Å². The molecule has 0 saturated carbocycles. The molecule has 0 radical (unpaired) electrons. The highest BCUT2D eigenvalue weighted by molar-refractivity contribution is 7.70. The molecule has 0 aliphatic rings. The van der Waals surface area contributed by atoms with Gasteiger partial charge in [0.25, 0.3) is 0 Å². The van der Waals surface area contributed by atoms with Gasteiger partial charge < -0.3 is 19.8 Å². The first-order valence-corrected chi connectivity index (χ1v) is 9.31. The lowest BCUT2D eigenvalue weighted by atomic mass is 10.2. The molecule has 0 aliphatic carbocycles. The normalized spacial score (nSPS) is 11.3. The zero-order valence-electron chi connectivity index (χ0n) is 12.8. The number of hydrogen-bond donors (Lipinski definition) is 1. The van der Waals surface area contributed by atoms with Crippen LogP contribution in [0.1, 0.15) is 5.56 Å². The Morgan fingerprint density at radius 1 is 1.14 bits per heavy atom. The minimum absolute atomic E-state index is 0.0786. The molecule has 22 heavy (non-hydrogen) atoms. The molecule has 2 aromatic rings. The van der Waals surface area contributed by atoms with Crippen molar-refractivity contribution in [1.29, 1.82) is 0 Å². The van der Waals surface area contributed by atoms with E-state index in [-0.39, 0.29) is 12.3 Å². The first-order chi connectivity index (χ1) is 10.3. The smallest absolute Gasteiger partial charge is 0.150 e. The van der Waals surface area contributed by atoms with E-state index in [1.165, 1.54) is 6.07 Å². The lowest BCUT2D eigenvalue weighted by Crippen LogP contribution is -2.13. The van der Waals surface area contributed by atoms with E-state index in [1.807, 2.05) is 24.3 Å². The number of nitrogen functional groups attached to an aromatic ring is 1. The number of nitrogens with two attached hydrogens (primary N) is 1. The quantitative estimate of drug-likeness (QED) is 0.678. The van der Waals surface area contributed by atoms with Crippen molar-refractivity contribution in [1.82, 2.24) is 0 Å². The number of halogens is 1. The fourth-order valence-electron chi connectivity index (χ4n) is 2.00. The second-order valence-electron chi connectivity index (χ2n) is 5.33. The van der Waals surface area contributed by atoms with E-state index >= 15 is 0 Å². The van der Waals surface area contributed by atoms with Crippen molar-refractivity contribution in [2.75, 3.05) is 26.2 Å². The van der Waals surface area contributed by atoms with Gasteiger partial charge in [-0.05, 0) is 37.1 Å². The van der Waals surface area contributed by atoms with Gasteiger partial charge in [-0.25, -0.2) is 4.39 Å². The van der Waals surface area contributed by atoms with Gasteiger partial charge >= 0.3 is 0 Å². The molecule has 0 aromatic heterocycles. The lowest BCUT2D eigenvalue weighted by Gasteiger charge is -2.14. The summed E-state index contributed by atoms with van der Waals surface area (Å²) in [4.78, 5) is 0. The van der Waals surface area contributed by atoms with Crippen molar-refractivity contribution in [3.8, 4) is 11.5 Å². The average molecular weight is 323 g/mol. The van der Waals surface area contributed by atoms with Gasteiger partial charge in [0, 0.05) is 11.4 Å². The Bertz CT molecular complexity index is 710. The van der Waals surface area contributed by atoms with Gasteiger partial charge in [-0.1, -0.05) is 12.1 Å². The van der Waals surface area contributed by atoms with Gasteiger partial charge in [0.1, 0.15) is 25.2 Å². The summed E-state index contributed by atoms with van der Waals surface area (Å²) in [5.41, 5.74) is 6.49. The van der Waals surface area contributed by atoms with Crippen LogP contribution in [0.3, 0.4) is 0 Å². The van der Waals surface area contributed by atoms with E-state index in [0.717, 1.165) is 11.3 Å². The lowest BCUT2D eigenvalue weighted by molar-refractivity contribution is 0.304. The summed E-state index contributed by atoms with van der Waals surface area (Å²) >= 11 is 0. The Kier molecular flexibility index (Phi) is 4.77. The molecule has 0 aliphatic heterocycles. The molecule has 0 heterocycles. The predicted octanol–water partition coefficient (Wildman–Crippen LogP) is 3.24. The van der Waals surface area contributed by atoms with Gasteiger partial charge in [-0.2, -0.15) is 0 Å². The molecule has 2 aromatic carbocycles. The molecule has 0 unspecified atom stereocenters. The van der Waals surface area contributed by atoms with Crippen LogP contribution in [0.15, 0.2) is 36.4 Å². The standard InChI is InChI=1S/C16H19FNO3P/c1-20-12-6-4-11(5-7-12)10-21-13-8-14(17)16(18)15(9-13)22(2,3)19/h4-9H,10,18H2,1-3H3. The van der Waals surface area contributed by atoms with Crippen molar-refractivity contribution >= 4 is 18.1 Å². The molecule has 118 valence electrons. The zero-order chi connectivity index (χ0) is 16.3. The van der Waals surface area contributed by atoms with Gasteiger partial charge in [0.05, 0.1) is 12.8 Å². The number of hydrogen-bond acceptors (Lipinski definition) is 4. The van der Waals surface area contributed by atoms with Gasteiger partial charge in [0.2, 0.25) is 0 Å². The molecule has 0 atom stereocenters. The largest absolute Gasteiger partial charge is 0.497 e. The Morgan fingerprint density at radius 2 is 1.77 bits per heavy atom. The summed E-state index contributed by atoms with van der Waals surface area (Å²) in [6.07, 6.45) is 0. The summed E-state index contributed by atoms with van der Waals surface area (Å²) in [5.74, 6) is 0.440. The fourth-order valence-corrected chi connectivity index (χ4v) is 3.12. The van der Waals surface area contributed by atoms with Crippen LogP contribution in [-0.2, 0) is 11.2 Å². The van der Waals surface area contributed by atoms with E-state index in [9.17, 15) is 8.96 Å². The second kappa shape index (κ2) is 6.41. The van der Waals surface area contributed by atoms with Crippen molar-refractivity contribution in [3.05, 3.63) is 47.8 Å². The van der Waals surface area contributed by atoms with Crippen molar-refractivity contribution in [2.24, 2.45) is 0 Å². The Balaban J connectivity index is 2.19. The van der Waals surface area contributed by atoms with E-state index in [1.54, 1.807) is 26.5 Å². The average Bonchev–Trinajstić information content (AvgIpc) is 2.47. The van der Waals surface area contributed by atoms with Crippen LogP contribution in [0.25, 0.3) is 0 Å². The van der Waals surface area contributed by atoms with Gasteiger partial charge in [-0.3, -0.25) is 0 Å². The maximum absolute atomic E-state index is 13.9. The second-order valence-corrected chi connectivity index (χ2v) is 8.51. The molecule has 0 fully saturated rings. The maximum Gasteiger partial charge on any atom is 0.150 e. The van der Waals surface area contributed by atoms with Crippen LogP contribution in [-0.4, -0.2) is 20.4 Å². The molecular formula is C16H19FNO3P. The summed E-state index contributed by atoms with van der Waals surface area (Å²) in [6.45, 7) is 3.36. The van der Waals surface area contributed by atoms with Gasteiger partial charge in [-0.15, -0.1) is 0 Å². The predicted molar refractivity (Wildman–Crippen MR) is 87.2 cm³/mol. The number of rotatable bonds is 5. The highest BCUT2D eigenvalue weighted by Crippen LogP contribution is 2.39. The molecule has 2 N–H and O–H groups in total. The van der Waals surface area contributed by atoms with Crippen LogP contribution in [0, 0.1) is 5.82 Å². The SMILES string of the molecule is COc1ccc(COc2cc(F)c(N)c(P(C)(C)=O)c2)cc1. The van der Waals surface area contributed by atoms with Crippen molar-refractivity contribution in [3.63, 3.8) is 0 Å². The molecule has 2 rings (SSSR count). The number of benzene rings is 2. The molecule has 0 amide bonds. The van der Waals surface area contributed by atoms with Crippen molar-refractivity contribution < 1.29 is 18.4 Å². The summed E-state index contributed by atoms with van der Waals surface area (Å²) in [7, 11) is -1.08. The van der Waals surface area contributed by atoms with E-state index < -0.39 is 13.0 Å². The van der Waals surface area contributed by atoms with Crippen molar-refractivity contribution in [2.45, 2.75) is 6.61 Å². The Hall–Kier alpha value is -2.00. The molecule has 0 saturated heterocycles. The van der Waals surface area contributed by atoms with Crippen LogP contribution in [0.2, 0.25) is 0 Å². The topological polar surface area (TPSA) is 61.6 Å². The third kappa shape index (κ3) is 3.80. The molecule has 6 heteroatoms. The van der Waals surface area contributed by atoms with Crippen LogP contribution >= 0.6 is 7.14 Å². The van der Waals surface area contributed by atoms with E-state index in [4.69, 9.17) is 15.2 Å². The summed E-state index contributed by atoms with van der Waals surface area (Å²) < 4.78 is 36.7. The summed E-state index contributed by atoms with van der Waals surface area (Å²) in [6, 6.07) is 10.1. The van der Waals surface area contributed by atoms with Crippen LogP contribution in [0.5, 0.6) is 11.5 Å². The van der Waals surface area contributed by atoms with Gasteiger partial charge in [0.15, 0.2) is 5.82 Å². The third-order valence-electron chi connectivity index (χ3n) is 3.23. The summed E-state index contributed by atoms with van der Waals surface area (Å²) in [5, 5.41) is 0.303. The maximum atomic E-state index is 13.9. The highest BCUT2D eigenvalue weighted by atomic mass is 31.2. The van der Waals surface area contributed by atoms with Crippen LogP contribution < -0.4 is 20.5 Å². The monoisotopic (exact) mass is 323 g/mol. The minimum Gasteiger partial charge on any atom is -0.497 e. The molecule has 0 bridgehead atoms.